The minimum Gasteiger partial charge on any atom is -0.387 e. The highest BCUT2D eigenvalue weighted by Gasteiger charge is 2.19. The molecule has 2 rings (SSSR count). The van der Waals surface area contributed by atoms with E-state index in [2.05, 4.69) is 29.2 Å². The van der Waals surface area contributed by atoms with Gasteiger partial charge in [0.05, 0.1) is 6.10 Å². The van der Waals surface area contributed by atoms with Crippen molar-refractivity contribution in [3.8, 4) is 0 Å². The van der Waals surface area contributed by atoms with Gasteiger partial charge in [-0.25, -0.2) is 0 Å². The van der Waals surface area contributed by atoms with Crippen LogP contribution in [0.3, 0.4) is 0 Å². The van der Waals surface area contributed by atoms with Crippen LogP contribution in [0.15, 0.2) is 66.7 Å². The molecular formula is C19H23NO. The molecule has 0 amide bonds. The van der Waals surface area contributed by atoms with Gasteiger partial charge in [0, 0.05) is 12.6 Å². The molecule has 2 nitrogen and oxygen atoms in total. The van der Waals surface area contributed by atoms with Crippen molar-refractivity contribution in [3.63, 3.8) is 0 Å². The fraction of sp³-hybridized carbons (Fsp3) is 0.263. The predicted molar refractivity (Wildman–Crippen MR) is 89.0 cm³/mol. The van der Waals surface area contributed by atoms with E-state index in [-0.39, 0.29) is 6.04 Å². The summed E-state index contributed by atoms with van der Waals surface area (Å²) in [6.07, 6.45) is 3.77. The Morgan fingerprint density at radius 1 is 1.00 bits per heavy atom. The largest absolute Gasteiger partial charge is 0.387 e. The highest BCUT2D eigenvalue weighted by molar-refractivity contribution is 5.48. The van der Waals surface area contributed by atoms with Crippen LogP contribution in [0.4, 0.5) is 0 Å². The fourth-order valence-corrected chi connectivity index (χ4v) is 2.26. The topological polar surface area (TPSA) is 23.5 Å². The van der Waals surface area contributed by atoms with Crippen molar-refractivity contribution < 1.29 is 5.11 Å². The lowest BCUT2D eigenvalue weighted by atomic mass is 10.0. The van der Waals surface area contributed by atoms with Crippen LogP contribution < -0.4 is 0 Å². The molecule has 0 heterocycles. The normalized spacial score (nSPS) is 14.5. The highest BCUT2D eigenvalue weighted by atomic mass is 16.3. The minimum atomic E-state index is -0.471. The molecule has 2 aromatic carbocycles. The van der Waals surface area contributed by atoms with Crippen LogP contribution in [-0.2, 0) is 0 Å². The molecule has 0 saturated heterocycles. The first-order valence-electron chi connectivity index (χ1n) is 7.33. The van der Waals surface area contributed by atoms with Crippen LogP contribution in [0.5, 0.6) is 0 Å². The Kier molecular flexibility index (Phi) is 5.73. The van der Waals surface area contributed by atoms with E-state index in [4.69, 9.17) is 0 Å². The molecule has 21 heavy (non-hydrogen) atoms. The number of nitrogens with zero attached hydrogens (tertiary/aromatic N) is 1. The molecule has 2 heteroatoms. The van der Waals surface area contributed by atoms with Crippen molar-refractivity contribution in [2.45, 2.75) is 19.1 Å². The summed E-state index contributed by atoms with van der Waals surface area (Å²) in [5, 5.41) is 10.4. The van der Waals surface area contributed by atoms with Gasteiger partial charge in [-0.15, -0.1) is 0 Å². The third kappa shape index (κ3) is 4.55. The monoisotopic (exact) mass is 281 g/mol. The molecule has 0 aliphatic carbocycles. The van der Waals surface area contributed by atoms with Gasteiger partial charge in [-0.3, -0.25) is 4.90 Å². The van der Waals surface area contributed by atoms with Crippen molar-refractivity contribution in [3.05, 3.63) is 77.9 Å². The maximum atomic E-state index is 10.4. The maximum absolute atomic E-state index is 10.4. The zero-order chi connectivity index (χ0) is 15.1. The van der Waals surface area contributed by atoms with Gasteiger partial charge in [-0.1, -0.05) is 72.8 Å². The molecule has 0 bridgehead atoms. The van der Waals surface area contributed by atoms with E-state index < -0.39 is 6.10 Å². The third-order valence-corrected chi connectivity index (χ3v) is 3.80. The van der Waals surface area contributed by atoms with E-state index in [1.807, 2.05) is 62.5 Å². The minimum absolute atomic E-state index is 0.0628. The van der Waals surface area contributed by atoms with Crippen LogP contribution in [-0.4, -0.2) is 29.6 Å². The van der Waals surface area contributed by atoms with Crippen molar-refractivity contribution in [2.24, 2.45) is 0 Å². The summed E-state index contributed by atoms with van der Waals surface area (Å²) < 4.78 is 0. The lowest BCUT2D eigenvalue weighted by Crippen LogP contribution is -2.34. The van der Waals surface area contributed by atoms with Crippen LogP contribution >= 0.6 is 0 Å². The van der Waals surface area contributed by atoms with E-state index >= 15 is 0 Å². The average Bonchev–Trinajstić information content (AvgIpc) is 2.55. The maximum Gasteiger partial charge on any atom is 0.0942 e. The van der Waals surface area contributed by atoms with Crippen molar-refractivity contribution in [1.29, 1.82) is 0 Å². The quantitative estimate of drug-likeness (QED) is 0.871. The molecule has 0 saturated carbocycles. The second-order valence-corrected chi connectivity index (χ2v) is 5.35. The Balaban J connectivity index is 1.91. The van der Waals surface area contributed by atoms with Gasteiger partial charge < -0.3 is 5.11 Å². The van der Waals surface area contributed by atoms with Crippen LogP contribution in [0.1, 0.15) is 24.2 Å². The summed E-state index contributed by atoms with van der Waals surface area (Å²) in [6.45, 7) is 2.86. The van der Waals surface area contributed by atoms with Gasteiger partial charge in [0.25, 0.3) is 0 Å². The molecule has 110 valence electrons. The van der Waals surface area contributed by atoms with Crippen molar-refractivity contribution >= 4 is 6.08 Å². The van der Waals surface area contributed by atoms with Gasteiger partial charge in [-0.05, 0) is 25.1 Å². The molecule has 2 aromatic rings. The number of aliphatic hydroxyl groups is 1. The van der Waals surface area contributed by atoms with Crippen LogP contribution in [0, 0.1) is 0 Å². The Morgan fingerprint density at radius 2 is 1.57 bits per heavy atom. The first-order valence-corrected chi connectivity index (χ1v) is 7.33. The van der Waals surface area contributed by atoms with Gasteiger partial charge in [0.1, 0.15) is 0 Å². The van der Waals surface area contributed by atoms with E-state index in [0.717, 1.165) is 12.1 Å². The Labute approximate surface area is 127 Å². The van der Waals surface area contributed by atoms with E-state index in [1.165, 1.54) is 5.56 Å². The van der Waals surface area contributed by atoms with Crippen molar-refractivity contribution in [1.82, 2.24) is 4.90 Å². The molecule has 2 atom stereocenters. The smallest absolute Gasteiger partial charge is 0.0942 e. The lowest BCUT2D eigenvalue weighted by Gasteiger charge is -2.28. The number of aliphatic hydroxyl groups excluding tert-OH is 1. The number of hydrogen-bond acceptors (Lipinski definition) is 2. The molecule has 0 unspecified atom stereocenters. The van der Waals surface area contributed by atoms with E-state index in [9.17, 15) is 5.11 Å². The average molecular weight is 281 g/mol. The zero-order valence-corrected chi connectivity index (χ0v) is 12.7. The molecule has 0 aliphatic rings. The second-order valence-electron chi connectivity index (χ2n) is 5.35. The summed E-state index contributed by atoms with van der Waals surface area (Å²) in [5.41, 5.74) is 2.16. The molecule has 0 aromatic heterocycles. The number of likely N-dealkylation sites (N-methyl/N-ethyl adjacent to an activating group) is 1. The summed E-state index contributed by atoms with van der Waals surface area (Å²) in [6, 6.07) is 20.1. The molecule has 1 N–H and O–H groups in total. The number of hydrogen-bond donors (Lipinski definition) is 1. The van der Waals surface area contributed by atoms with Crippen LogP contribution in [0.25, 0.3) is 6.08 Å². The summed E-state index contributed by atoms with van der Waals surface area (Å²) in [5.74, 6) is 0. The first kappa shape index (κ1) is 15.5. The molecule has 0 radical (unpaired) electrons. The number of benzene rings is 2. The standard InChI is InChI=1S/C19H23NO/c1-16(19(21)18-13-7-4-8-14-18)20(2)15-9-12-17-10-5-3-6-11-17/h3-14,16,19,21H,15H2,1-2H3/b12-9+/t16-,19-/m0/s1. The third-order valence-electron chi connectivity index (χ3n) is 3.80. The molecular weight excluding hydrogens is 258 g/mol. The lowest BCUT2D eigenvalue weighted by molar-refractivity contribution is 0.0787. The Bertz CT molecular complexity index is 550. The van der Waals surface area contributed by atoms with Crippen LogP contribution in [0.2, 0.25) is 0 Å². The van der Waals surface area contributed by atoms with Gasteiger partial charge >= 0.3 is 0 Å². The van der Waals surface area contributed by atoms with E-state index in [0.29, 0.717) is 0 Å². The zero-order valence-electron chi connectivity index (χ0n) is 12.7. The van der Waals surface area contributed by atoms with Gasteiger partial charge in [-0.2, -0.15) is 0 Å². The first-order chi connectivity index (χ1) is 10.2. The Morgan fingerprint density at radius 3 is 2.19 bits per heavy atom. The fourth-order valence-electron chi connectivity index (χ4n) is 2.26. The Hall–Kier alpha value is -1.90. The summed E-state index contributed by atoms with van der Waals surface area (Å²) in [7, 11) is 2.03. The molecule has 0 spiro atoms. The van der Waals surface area contributed by atoms with E-state index in [1.54, 1.807) is 0 Å². The second kappa shape index (κ2) is 7.77. The molecule has 0 aliphatic heterocycles. The summed E-state index contributed by atoms with van der Waals surface area (Å²) in [4.78, 5) is 2.15. The predicted octanol–water partition coefficient (Wildman–Crippen LogP) is 3.75. The molecule has 0 fully saturated rings. The summed E-state index contributed by atoms with van der Waals surface area (Å²) >= 11 is 0. The highest BCUT2D eigenvalue weighted by Crippen LogP contribution is 2.19. The van der Waals surface area contributed by atoms with Gasteiger partial charge in [0.15, 0.2) is 0 Å². The van der Waals surface area contributed by atoms with Crippen molar-refractivity contribution in [2.75, 3.05) is 13.6 Å². The van der Waals surface area contributed by atoms with Gasteiger partial charge in [0.2, 0.25) is 0 Å². The number of rotatable bonds is 6. The SMILES string of the molecule is C[C@@H]([C@H](O)c1ccccc1)N(C)C/C=C/c1ccccc1.